The van der Waals surface area contributed by atoms with Gasteiger partial charge in [0.15, 0.2) is 0 Å². The third kappa shape index (κ3) is 3.75. The zero-order valence-electron chi connectivity index (χ0n) is 15.4. The van der Waals surface area contributed by atoms with Gasteiger partial charge in [-0.25, -0.2) is 4.98 Å². The van der Waals surface area contributed by atoms with E-state index in [0.29, 0.717) is 12.3 Å². The number of ether oxygens (including phenoxy) is 1. The molecule has 0 unspecified atom stereocenters. The molecule has 0 saturated carbocycles. The molecule has 3 aromatic carbocycles. The summed E-state index contributed by atoms with van der Waals surface area (Å²) < 4.78 is 6.21. The molecule has 0 fully saturated rings. The highest BCUT2D eigenvalue weighted by Gasteiger charge is 2.16. The van der Waals surface area contributed by atoms with Crippen molar-refractivity contribution in [3.8, 4) is 16.3 Å². The highest BCUT2D eigenvalue weighted by Crippen LogP contribution is 2.39. The van der Waals surface area contributed by atoms with Crippen LogP contribution in [0.1, 0.15) is 16.8 Å². The van der Waals surface area contributed by atoms with E-state index in [9.17, 15) is 4.79 Å². The fourth-order valence-electron chi connectivity index (χ4n) is 3.18. The van der Waals surface area contributed by atoms with Crippen molar-refractivity contribution < 1.29 is 14.6 Å². The van der Waals surface area contributed by atoms with Crippen LogP contribution >= 0.6 is 11.3 Å². The van der Waals surface area contributed by atoms with Gasteiger partial charge in [0.1, 0.15) is 17.4 Å². The predicted molar refractivity (Wildman–Crippen MR) is 112 cm³/mol. The van der Waals surface area contributed by atoms with E-state index in [1.807, 2.05) is 42.5 Å². The molecule has 4 rings (SSSR count). The normalized spacial score (nSPS) is 10.9. The molecule has 4 aromatic rings. The molecule has 4 nitrogen and oxygen atoms in total. The number of aliphatic carboxylic acids is 1. The van der Waals surface area contributed by atoms with Gasteiger partial charge < -0.3 is 9.84 Å². The number of carbonyl (C=O) groups is 1. The van der Waals surface area contributed by atoms with Crippen LogP contribution in [0.4, 0.5) is 0 Å². The number of fused-ring (bicyclic) bond motifs is 1. The van der Waals surface area contributed by atoms with Crippen LogP contribution in [-0.4, -0.2) is 16.1 Å². The number of benzene rings is 3. The summed E-state index contributed by atoms with van der Waals surface area (Å²) in [7, 11) is 0. The molecule has 0 spiro atoms. The Hall–Kier alpha value is -3.18. The van der Waals surface area contributed by atoms with Crippen molar-refractivity contribution in [3.05, 3.63) is 82.9 Å². The highest BCUT2D eigenvalue weighted by atomic mass is 32.1. The second kappa shape index (κ2) is 7.82. The maximum Gasteiger partial charge on any atom is 0.309 e. The van der Waals surface area contributed by atoms with E-state index in [-0.39, 0.29) is 6.42 Å². The quantitative estimate of drug-likeness (QED) is 0.474. The molecule has 1 N–H and O–H groups in total. The number of nitrogens with zero attached hydrogens (tertiary/aromatic N) is 1. The van der Waals surface area contributed by atoms with Crippen LogP contribution < -0.4 is 4.74 Å². The fraction of sp³-hybridized carbons (Fsp3) is 0.130. The smallest absolute Gasteiger partial charge is 0.309 e. The van der Waals surface area contributed by atoms with E-state index in [0.717, 1.165) is 32.7 Å². The summed E-state index contributed by atoms with van der Waals surface area (Å²) in [6.07, 6.45) is -0.0827. The summed E-state index contributed by atoms with van der Waals surface area (Å²) in [6, 6.07) is 20.2. The monoisotopic (exact) mass is 389 g/mol. The lowest BCUT2D eigenvalue weighted by atomic mass is 10.0. The van der Waals surface area contributed by atoms with Crippen molar-refractivity contribution in [1.82, 2.24) is 4.98 Å². The molecule has 0 bridgehead atoms. The molecule has 0 aliphatic heterocycles. The average molecular weight is 389 g/mol. The summed E-state index contributed by atoms with van der Waals surface area (Å²) >= 11 is 1.44. The first-order valence-electron chi connectivity index (χ1n) is 8.97. The van der Waals surface area contributed by atoms with Crippen molar-refractivity contribution in [2.24, 2.45) is 0 Å². The Morgan fingerprint density at radius 1 is 1.07 bits per heavy atom. The third-order valence-corrected chi connectivity index (χ3v) is 5.54. The number of aromatic nitrogens is 1. The van der Waals surface area contributed by atoms with Gasteiger partial charge in [-0.1, -0.05) is 54.6 Å². The predicted octanol–water partition coefficient (Wildman–Crippen LogP) is 5.48. The van der Waals surface area contributed by atoms with E-state index in [2.05, 4.69) is 30.1 Å². The van der Waals surface area contributed by atoms with Crippen molar-refractivity contribution in [2.75, 3.05) is 0 Å². The van der Waals surface area contributed by atoms with Gasteiger partial charge in [0.2, 0.25) is 0 Å². The molecule has 0 amide bonds. The van der Waals surface area contributed by atoms with Crippen molar-refractivity contribution in [3.63, 3.8) is 0 Å². The number of hydrogen-bond donors (Lipinski definition) is 1. The summed E-state index contributed by atoms with van der Waals surface area (Å²) in [5, 5.41) is 13.8. The minimum absolute atomic E-state index is 0.0827. The lowest BCUT2D eigenvalue weighted by Crippen LogP contribution is -2.01. The zero-order valence-corrected chi connectivity index (χ0v) is 16.2. The van der Waals surface area contributed by atoms with Gasteiger partial charge in [0.05, 0.1) is 17.7 Å². The van der Waals surface area contributed by atoms with Crippen LogP contribution in [0.25, 0.3) is 21.3 Å². The molecular formula is C23H19NO3S. The molecule has 0 aliphatic rings. The van der Waals surface area contributed by atoms with E-state index < -0.39 is 5.97 Å². The minimum atomic E-state index is -0.884. The van der Waals surface area contributed by atoms with Crippen LogP contribution in [0.5, 0.6) is 5.75 Å². The Kier molecular flexibility index (Phi) is 5.08. The number of thiazole rings is 1. The van der Waals surface area contributed by atoms with Crippen molar-refractivity contribution >= 4 is 28.1 Å². The molecule has 0 atom stereocenters. The van der Waals surface area contributed by atoms with Crippen LogP contribution in [0.3, 0.4) is 0 Å². The van der Waals surface area contributed by atoms with Gasteiger partial charge in [-0.3, -0.25) is 4.79 Å². The van der Waals surface area contributed by atoms with Crippen LogP contribution in [0, 0.1) is 6.92 Å². The molecular weight excluding hydrogens is 370 g/mol. The third-order valence-electron chi connectivity index (χ3n) is 4.63. The number of carboxylic acids is 1. The molecule has 0 saturated heterocycles. The van der Waals surface area contributed by atoms with Crippen molar-refractivity contribution in [2.45, 2.75) is 20.0 Å². The number of aryl methyl sites for hydroxylation is 1. The van der Waals surface area contributed by atoms with E-state index in [1.54, 1.807) is 5.38 Å². The maximum absolute atomic E-state index is 11.0. The van der Waals surface area contributed by atoms with E-state index in [4.69, 9.17) is 9.84 Å². The first-order valence-corrected chi connectivity index (χ1v) is 9.85. The van der Waals surface area contributed by atoms with Crippen LogP contribution in [-0.2, 0) is 17.8 Å². The second-order valence-corrected chi connectivity index (χ2v) is 7.45. The SMILES string of the molecule is Cc1ccccc1COc1ccc2ccccc2c1-c1nc(CC(=O)O)cs1. The Morgan fingerprint density at radius 2 is 1.86 bits per heavy atom. The first-order chi connectivity index (χ1) is 13.6. The first kappa shape index (κ1) is 18.2. The second-order valence-electron chi connectivity index (χ2n) is 6.59. The topological polar surface area (TPSA) is 59.4 Å². The van der Waals surface area contributed by atoms with Gasteiger partial charge in [0.25, 0.3) is 0 Å². The molecule has 0 aliphatic carbocycles. The lowest BCUT2D eigenvalue weighted by molar-refractivity contribution is -0.136. The Morgan fingerprint density at radius 3 is 2.68 bits per heavy atom. The van der Waals surface area contributed by atoms with Gasteiger partial charge in [-0.05, 0) is 34.9 Å². The number of rotatable bonds is 6. The Labute approximate surface area is 167 Å². The number of carboxylic acid groups (broad SMARTS) is 1. The largest absolute Gasteiger partial charge is 0.488 e. The minimum Gasteiger partial charge on any atom is -0.488 e. The maximum atomic E-state index is 11.0. The molecule has 0 radical (unpaired) electrons. The van der Waals surface area contributed by atoms with Crippen LogP contribution in [0.2, 0.25) is 0 Å². The van der Waals surface area contributed by atoms with Gasteiger partial charge in [-0.15, -0.1) is 11.3 Å². The van der Waals surface area contributed by atoms with Crippen molar-refractivity contribution in [1.29, 1.82) is 0 Å². The van der Waals surface area contributed by atoms with Gasteiger partial charge in [-0.2, -0.15) is 0 Å². The molecule has 1 heterocycles. The summed E-state index contributed by atoms with van der Waals surface area (Å²) in [5.74, 6) is -0.135. The highest BCUT2D eigenvalue weighted by molar-refractivity contribution is 7.13. The summed E-state index contributed by atoms with van der Waals surface area (Å²) in [4.78, 5) is 15.6. The summed E-state index contributed by atoms with van der Waals surface area (Å²) in [6.45, 7) is 2.53. The zero-order chi connectivity index (χ0) is 19.5. The Bertz CT molecular complexity index is 1150. The molecule has 1 aromatic heterocycles. The van der Waals surface area contributed by atoms with E-state index >= 15 is 0 Å². The average Bonchev–Trinajstić information content (AvgIpc) is 3.14. The van der Waals surface area contributed by atoms with Crippen LogP contribution in [0.15, 0.2) is 66.0 Å². The fourth-order valence-corrected chi connectivity index (χ4v) is 4.06. The van der Waals surface area contributed by atoms with E-state index in [1.165, 1.54) is 16.9 Å². The number of hydrogen-bond acceptors (Lipinski definition) is 4. The Balaban J connectivity index is 1.76. The standard InChI is InChI=1S/C23H19NO3S/c1-15-6-2-3-8-17(15)13-27-20-11-10-16-7-4-5-9-19(16)22(20)23-24-18(14-28-23)12-21(25)26/h2-11,14H,12-13H2,1H3,(H,25,26). The molecule has 28 heavy (non-hydrogen) atoms. The lowest BCUT2D eigenvalue weighted by Gasteiger charge is -2.14. The summed E-state index contributed by atoms with van der Waals surface area (Å²) in [5.41, 5.74) is 3.79. The molecule has 140 valence electrons. The molecule has 5 heteroatoms. The van der Waals surface area contributed by atoms with Gasteiger partial charge >= 0.3 is 5.97 Å². The van der Waals surface area contributed by atoms with Gasteiger partial charge in [0, 0.05) is 5.38 Å².